The van der Waals surface area contributed by atoms with Crippen LogP contribution in [0.2, 0.25) is 0 Å². The van der Waals surface area contributed by atoms with Crippen LogP contribution in [-0.2, 0) is 6.18 Å². The number of ether oxygens (including phenoxy) is 1. The van der Waals surface area contributed by atoms with Crippen LogP contribution in [0.15, 0.2) is 67.1 Å². The third-order valence-corrected chi connectivity index (χ3v) is 6.63. The average Bonchev–Trinajstić information content (AvgIpc) is 3.45. The second-order valence-electron chi connectivity index (χ2n) is 9.34. The number of nitrogens with two attached hydrogens (primary N) is 1. The molecular formula is C28H25F5N6O. The molecule has 0 saturated carbocycles. The Bertz CT molecular complexity index is 1500. The molecule has 1 atom stereocenters. The zero-order chi connectivity index (χ0) is 28.3. The predicted molar refractivity (Wildman–Crippen MR) is 140 cm³/mol. The monoisotopic (exact) mass is 556 g/mol. The Labute approximate surface area is 226 Å². The van der Waals surface area contributed by atoms with Crippen LogP contribution in [-0.4, -0.2) is 39.6 Å². The van der Waals surface area contributed by atoms with Crippen LogP contribution in [0.4, 0.5) is 27.6 Å². The molecule has 2 N–H and O–H groups in total. The highest BCUT2D eigenvalue weighted by Gasteiger charge is 2.41. The highest BCUT2D eigenvalue weighted by atomic mass is 19.4. The van der Waals surface area contributed by atoms with Crippen molar-refractivity contribution in [2.75, 3.05) is 24.5 Å². The van der Waals surface area contributed by atoms with E-state index >= 15 is 4.39 Å². The van der Waals surface area contributed by atoms with Crippen molar-refractivity contribution in [3.05, 3.63) is 89.8 Å². The first-order chi connectivity index (χ1) is 19.2. The third-order valence-electron chi connectivity index (χ3n) is 6.63. The standard InChI is InChI=1S/C28H25F5N6O/c29-21-5-1-2-6-24(21)40-25-8-7-19(14-22(30)23-10-13-39(37-23)20-9-11-35-36-16-20)27(26(25)28(31,32)33)38-12-3-4-18(15-34)17-38/h1-2,5-11,13-14,16,18H,3-4,12,15,17,34H2/b22-14-/t18-/m0/s1. The molecule has 12 heteroatoms. The van der Waals surface area contributed by atoms with Crippen molar-refractivity contribution >= 4 is 17.6 Å². The Morgan fingerprint density at radius 2 is 1.90 bits per heavy atom. The summed E-state index contributed by atoms with van der Waals surface area (Å²) in [5.41, 5.74) is 4.90. The number of hydrogen-bond donors (Lipinski definition) is 1. The van der Waals surface area contributed by atoms with Crippen LogP contribution in [0, 0.1) is 11.7 Å². The molecule has 2 aromatic carbocycles. The topological polar surface area (TPSA) is 82.1 Å². The van der Waals surface area contributed by atoms with Gasteiger partial charge in [-0.3, -0.25) is 0 Å². The van der Waals surface area contributed by atoms with Crippen LogP contribution >= 0.6 is 0 Å². The Hall–Kier alpha value is -4.32. The van der Waals surface area contributed by atoms with E-state index < -0.39 is 29.1 Å². The number of alkyl halides is 3. The van der Waals surface area contributed by atoms with Gasteiger partial charge in [-0.25, -0.2) is 13.5 Å². The first kappa shape index (κ1) is 27.3. The van der Waals surface area contributed by atoms with Gasteiger partial charge in [-0.1, -0.05) is 12.1 Å². The van der Waals surface area contributed by atoms with Crippen molar-refractivity contribution < 1.29 is 26.7 Å². The summed E-state index contributed by atoms with van der Waals surface area (Å²) in [7, 11) is 0. The number of aromatic nitrogens is 4. The van der Waals surface area contributed by atoms with E-state index in [0.29, 0.717) is 25.2 Å². The lowest BCUT2D eigenvalue weighted by Gasteiger charge is -2.36. The first-order valence-corrected chi connectivity index (χ1v) is 12.6. The Morgan fingerprint density at radius 3 is 2.62 bits per heavy atom. The largest absolute Gasteiger partial charge is 0.454 e. The summed E-state index contributed by atoms with van der Waals surface area (Å²) in [5, 5.41) is 11.6. The van der Waals surface area contributed by atoms with E-state index in [1.165, 1.54) is 53.6 Å². The first-order valence-electron chi connectivity index (χ1n) is 12.6. The highest BCUT2D eigenvalue weighted by molar-refractivity contribution is 5.84. The van der Waals surface area contributed by atoms with Crippen molar-refractivity contribution in [1.29, 1.82) is 0 Å². The summed E-state index contributed by atoms with van der Waals surface area (Å²) in [5.74, 6) is -2.64. The van der Waals surface area contributed by atoms with Gasteiger partial charge in [0.25, 0.3) is 0 Å². The molecule has 208 valence electrons. The van der Waals surface area contributed by atoms with E-state index in [1.54, 1.807) is 11.0 Å². The van der Waals surface area contributed by atoms with Gasteiger partial charge in [0.15, 0.2) is 17.4 Å². The summed E-state index contributed by atoms with van der Waals surface area (Å²) in [6.07, 6.45) is 1.87. The smallest absolute Gasteiger partial charge is 0.422 e. The summed E-state index contributed by atoms with van der Waals surface area (Å²) in [6, 6.07) is 10.6. The fourth-order valence-corrected chi connectivity index (χ4v) is 4.74. The van der Waals surface area contributed by atoms with E-state index in [4.69, 9.17) is 10.5 Å². The number of para-hydroxylation sites is 1. The molecule has 0 unspecified atom stereocenters. The molecule has 1 aliphatic rings. The van der Waals surface area contributed by atoms with Gasteiger partial charge in [-0.2, -0.15) is 28.5 Å². The molecule has 5 rings (SSSR count). The molecular weight excluding hydrogens is 531 g/mol. The van der Waals surface area contributed by atoms with Crippen molar-refractivity contribution in [2.24, 2.45) is 11.7 Å². The van der Waals surface area contributed by atoms with Gasteiger partial charge in [-0.05, 0) is 67.8 Å². The van der Waals surface area contributed by atoms with E-state index in [-0.39, 0.29) is 35.2 Å². The lowest BCUT2D eigenvalue weighted by atomic mass is 9.95. The fourth-order valence-electron chi connectivity index (χ4n) is 4.74. The minimum absolute atomic E-state index is 0.0245. The number of halogens is 5. The molecule has 0 bridgehead atoms. The molecule has 7 nitrogen and oxygen atoms in total. The fraction of sp³-hybridized carbons (Fsp3) is 0.250. The minimum Gasteiger partial charge on any atom is -0.454 e. The molecule has 4 aromatic rings. The summed E-state index contributed by atoms with van der Waals surface area (Å²) in [4.78, 5) is 1.55. The molecule has 0 aliphatic carbocycles. The lowest BCUT2D eigenvalue weighted by Crippen LogP contribution is -2.39. The molecule has 40 heavy (non-hydrogen) atoms. The summed E-state index contributed by atoms with van der Waals surface area (Å²) >= 11 is 0. The zero-order valence-corrected chi connectivity index (χ0v) is 21.2. The maximum atomic E-state index is 15.5. The molecule has 1 saturated heterocycles. The van der Waals surface area contributed by atoms with Gasteiger partial charge in [0.1, 0.15) is 17.0 Å². The van der Waals surface area contributed by atoms with Gasteiger partial charge in [0.05, 0.1) is 23.8 Å². The van der Waals surface area contributed by atoms with E-state index in [1.807, 2.05) is 0 Å². The Balaban J connectivity index is 1.62. The quantitative estimate of drug-likeness (QED) is 0.271. The number of piperidine rings is 1. The van der Waals surface area contributed by atoms with Gasteiger partial charge >= 0.3 is 6.18 Å². The van der Waals surface area contributed by atoms with Crippen LogP contribution in [0.3, 0.4) is 0 Å². The number of hydrogen-bond acceptors (Lipinski definition) is 6. The maximum absolute atomic E-state index is 15.5. The normalized spacial score (nSPS) is 16.3. The van der Waals surface area contributed by atoms with Crippen LogP contribution in [0.25, 0.3) is 17.6 Å². The van der Waals surface area contributed by atoms with Crippen LogP contribution < -0.4 is 15.4 Å². The maximum Gasteiger partial charge on any atom is 0.422 e. The second-order valence-corrected chi connectivity index (χ2v) is 9.34. The predicted octanol–water partition coefficient (Wildman–Crippen LogP) is 6.26. The van der Waals surface area contributed by atoms with E-state index in [0.717, 1.165) is 24.6 Å². The van der Waals surface area contributed by atoms with Crippen molar-refractivity contribution in [3.63, 3.8) is 0 Å². The molecule has 0 radical (unpaired) electrons. The minimum atomic E-state index is -4.90. The van der Waals surface area contributed by atoms with Crippen molar-refractivity contribution in [3.8, 4) is 17.2 Å². The van der Waals surface area contributed by atoms with Gasteiger partial charge in [0, 0.05) is 24.8 Å². The highest BCUT2D eigenvalue weighted by Crippen LogP contribution is 2.47. The molecule has 0 spiro atoms. The Morgan fingerprint density at radius 1 is 1.07 bits per heavy atom. The molecule has 2 aromatic heterocycles. The second kappa shape index (κ2) is 11.4. The van der Waals surface area contributed by atoms with Crippen LogP contribution in [0.5, 0.6) is 11.5 Å². The zero-order valence-electron chi connectivity index (χ0n) is 21.2. The van der Waals surface area contributed by atoms with Gasteiger partial charge in [0.2, 0.25) is 0 Å². The van der Waals surface area contributed by atoms with Crippen molar-refractivity contribution in [2.45, 2.75) is 19.0 Å². The number of anilines is 1. The molecule has 1 aliphatic heterocycles. The van der Waals surface area contributed by atoms with E-state index in [9.17, 15) is 17.6 Å². The average molecular weight is 557 g/mol. The Kier molecular flexibility index (Phi) is 7.78. The SMILES string of the molecule is NC[C@@H]1CCCN(c2c(/C=C(\F)c3ccn(-c4ccnnc4)n3)ccc(Oc3ccccc3F)c2C(F)(F)F)C1. The molecule has 0 amide bonds. The van der Waals surface area contributed by atoms with Gasteiger partial charge in [-0.15, -0.1) is 0 Å². The number of rotatable bonds is 7. The van der Waals surface area contributed by atoms with Gasteiger partial charge < -0.3 is 15.4 Å². The molecule has 3 heterocycles. The van der Waals surface area contributed by atoms with E-state index in [2.05, 4.69) is 15.3 Å². The third kappa shape index (κ3) is 5.81. The summed E-state index contributed by atoms with van der Waals surface area (Å²) in [6.45, 7) is 0.841. The van der Waals surface area contributed by atoms with Crippen LogP contribution in [0.1, 0.15) is 29.7 Å². The molecule has 1 fully saturated rings. The lowest BCUT2D eigenvalue weighted by molar-refractivity contribution is -0.138. The number of benzene rings is 2. The summed E-state index contributed by atoms with van der Waals surface area (Å²) < 4.78 is 80.8. The number of nitrogens with zero attached hydrogens (tertiary/aromatic N) is 5. The van der Waals surface area contributed by atoms with Crippen molar-refractivity contribution in [1.82, 2.24) is 20.0 Å².